The first kappa shape index (κ1) is 21.4. The van der Waals surface area contributed by atoms with Gasteiger partial charge in [0.25, 0.3) is 5.91 Å². The van der Waals surface area contributed by atoms with E-state index in [1.807, 2.05) is 13.8 Å². The number of halogens is 2. The maximum absolute atomic E-state index is 13.8. The van der Waals surface area contributed by atoms with E-state index in [1.165, 1.54) is 11.0 Å². The summed E-state index contributed by atoms with van der Waals surface area (Å²) in [7, 11) is 0. The van der Waals surface area contributed by atoms with Gasteiger partial charge in [0.2, 0.25) is 5.91 Å². The minimum absolute atomic E-state index is 0.116. The molecule has 0 fully saturated rings. The molecule has 1 aromatic carbocycles. The molecular formula is C21H23F2N5O2. The number of aromatic nitrogens is 3. The molecule has 2 aromatic heterocycles. The van der Waals surface area contributed by atoms with E-state index in [0.29, 0.717) is 22.3 Å². The molecule has 30 heavy (non-hydrogen) atoms. The molecule has 0 saturated heterocycles. The van der Waals surface area contributed by atoms with Crippen molar-refractivity contribution in [2.24, 2.45) is 0 Å². The fourth-order valence-corrected chi connectivity index (χ4v) is 3.13. The van der Waals surface area contributed by atoms with Gasteiger partial charge < -0.3 is 10.2 Å². The van der Waals surface area contributed by atoms with E-state index in [9.17, 15) is 18.4 Å². The molecule has 2 heterocycles. The number of hydrogen-bond acceptors (Lipinski definition) is 4. The van der Waals surface area contributed by atoms with Crippen molar-refractivity contribution < 1.29 is 18.4 Å². The van der Waals surface area contributed by atoms with Crippen molar-refractivity contribution in [2.45, 2.75) is 33.7 Å². The lowest BCUT2D eigenvalue weighted by Gasteiger charge is -2.21. The maximum Gasteiger partial charge on any atom is 0.256 e. The Morgan fingerprint density at radius 3 is 2.50 bits per heavy atom. The summed E-state index contributed by atoms with van der Waals surface area (Å²) in [4.78, 5) is 31.2. The predicted molar refractivity (Wildman–Crippen MR) is 109 cm³/mol. The topological polar surface area (TPSA) is 80.1 Å². The van der Waals surface area contributed by atoms with Gasteiger partial charge in [-0.1, -0.05) is 6.07 Å². The van der Waals surface area contributed by atoms with Gasteiger partial charge in [-0.05, 0) is 45.9 Å². The van der Waals surface area contributed by atoms with Gasteiger partial charge in [0.05, 0.1) is 17.5 Å². The molecular weight excluding hydrogens is 392 g/mol. The molecule has 7 nitrogen and oxygen atoms in total. The number of fused-ring (bicyclic) bond motifs is 1. The number of carbonyl (C=O) groups is 2. The molecule has 0 aliphatic carbocycles. The Morgan fingerprint density at radius 1 is 1.23 bits per heavy atom. The van der Waals surface area contributed by atoms with Crippen LogP contribution in [-0.4, -0.2) is 44.6 Å². The van der Waals surface area contributed by atoms with Gasteiger partial charge in [-0.2, -0.15) is 5.10 Å². The number of pyridine rings is 1. The Labute approximate surface area is 172 Å². The second-order valence-corrected chi connectivity index (χ2v) is 7.18. The van der Waals surface area contributed by atoms with Gasteiger partial charge >= 0.3 is 0 Å². The molecule has 3 rings (SSSR count). The summed E-state index contributed by atoms with van der Waals surface area (Å²) in [6, 6.07) is 5.11. The van der Waals surface area contributed by atoms with Crippen molar-refractivity contribution >= 4 is 28.5 Å². The number of rotatable bonds is 6. The number of nitrogens with one attached hydrogen (secondary N) is 1. The molecule has 9 heteroatoms. The van der Waals surface area contributed by atoms with Crippen LogP contribution < -0.4 is 5.32 Å². The Kier molecular flexibility index (Phi) is 6.09. The van der Waals surface area contributed by atoms with Crippen LogP contribution in [0.5, 0.6) is 0 Å². The molecule has 0 unspecified atom stereocenters. The molecule has 1 N–H and O–H groups in total. The minimum Gasteiger partial charge on any atom is -0.330 e. The van der Waals surface area contributed by atoms with E-state index >= 15 is 0 Å². The number of nitrogens with zero attached hydrogens (tertiary/aromatic N) is 4. The predicted octanol–water partition coefficient (Wildman–Crippen LogP) is 3.70. The molecule has 0 atom stereocenters. The number of aryl methyl sites for hydroxylation is 1. The highest BCUT2D eigenvalue weighted by Crippen LogP contribution is 2.21. The van der Waals surface area contributed by atoms with Gasteiger partial charge in [0, 0.05) is 18.0 Å². The second kappa shape index (κ2) is 8.56. The Morgan fingerprint density at radius 2 is 1.90 bits per heavy atom. The van der Waals surface area contributed by atoms with Crippen molar-refractivity contribution in [1.29, 1.82) is 0 Å². The monoisotopic (exact) mass is 415 g/mol. The molecule has 2 amide bonds. The molecule has 0 radical (unpaired) electrons. The minimum atomic E-state index is -0.884. The zero-order valence-corrected chi connectivity index (χ0v) is 17.2. The van der Waals surface area contributed by atoms with Gasteiger partial charge in [0.1, 0.15) is 23.9 Å². The standard InChI is InChI=1S/C21H23F2N5O2/c1-5-27(11-18(29)26-19-16(22)7-6-8-17(19)23)21(30)15-9-14-10-24-28(12(2)3)20(14)25-13(15)4/h6-10,12H,5,11H2,1-4H3,(H,26,29). The van der Waals surface area contributed by atoms with E-state index < -0.39 is 29.1 Å². The fourth-order valence-electron chi connectivity index (χ4n) is 3.13. The number of benzene rings is 1. The zero-order chi connectivity index (χ0) is 22.0. The fraction of sp³-hybridized carbons (Fsp3) is 0.333. The van der Waals surface area contributed by atoms with Gasteiger partial charge in [-0.15, -0.1) is 0 Å². The van der Waals surface area contributed by atoms with Crippen LogP contribution in [-0.2, 0) is 4.79 Å². The highest BCUT2D eigenvalue weighted by Gasteiger charge is 2.22. The van der Waals surface area contributed by atoms with Crippen molar-refractivity contribution in [2.75, 3.05) is 18.4 Å². The van der Waals surface area contributed by atoms with Gasteiger partial charge in [-0.3, -0.25) is 9.59 Å². The van der Waals surface area contributed by atoms with Crippen LogP contribution in [0.4, 0.5) is 14.5 Å². The average Bonchev–Trinajstić information content (AvgIpc) is 3.11. The molecule has 0 saturated carbocycles. The summed E-state index contributed by atoms with van der Waals surface area (Å²) in [5.41, 5.74) is 0.993. The van der Waals surface area contributed by atoms with Crippen molar-refractivity contribution in [3.05, 3.63) is 53.4 Å². The van der Waals surface area contributed by atoms with E-state index in [4.69, 9.17) is 0 Å². The summed E-state index contributed by atoms with van der Waals surface area (Å²) >= 11 is 0. The summed E-state index contributed by atoms with van der Waals surface area (Å²) < 4.78 is 29.3. The first-order chi connectivity index (χ1) is 14.2. The van der Waals surface area contributed by atoms with Gasteiger partial charge in [-0.25, -0.2) is 18.4 Å². The second-order valence-electron chi connectivity index (χ2n) is 7.18. The van der Waals surface area contributed by atoms with Crippen molar-refractivity contribution in [3.63, 3.8) is 0 Å². The van der Waals surface area contributed by atoms with Crippen molar-refractivity contribution in [1.82, 2.24) is 19.7 Å². The van der Waals surface area contributed by atoms with Crippen LogP contribution >= 0.6 is 0 Å². The third-order valence-electron chi connectivity index (χ3n) is 4.71. The van der Waals surface area contributed by atoms with E-state index in [2.05, 4.69) is 15.4 Å². The molecule has 0 bridgehead atoms. The maximum atomic E-state index is 13.8. The normalized spacial score (nSPS) is 11.2. The van der Waals surface area contributed by atoms with Crippen LogP contribution in [0, 0.1) is 18.6 Å². The SMILES string of the molecule is CCN(CC(=O)Nc1c(F)cccc1F)C(=O)c1cc2cnn(C(C)C)c2nc1C. The highest BCUT2D eigenvalue weighted by molar-refractivity contribution is 6.01. The zero-order valence-electron chi connectivity index (χ0n) is 17.2. The van der Waals surface area contributed by atoms with E-state index in [1.54, 1.807) is 30.8 Å². The van der Waals surface area contributed by atoms with E-state index in [-0.39, 0.29) is 19.1 Å². The average molecular weight is 415 g/mol. The van der Waals surface area contributed by atoms with Crippen LogP contribution in [0.1, 0.15) is 42.9 Å². The summed E-state index contributed by atoms with van der Waals surface area (Å²) in [5, 5.41) is 7.22. The van der Waals surface area contributed by atoms with Crippen molar-refractivity contribution in [3.8, 4) is 0 Å². The molecule has 0 aliphatic heterocycles. The molecule has 158 valence electrons. The summed E-state index contributed by atoms with van der Waals surface area (Å²) in [5.74, 6) is -2.87. The van der Waals surface area contributed by atoms with Crippen LogP contribution in [0.15, 0.2) is 30.5 Å². The van der Waals surface area contributed by atoms with Crippen LogP contribution in [0.3, 0.4) is 0 Å². The number of anilines is 1. The number of likely N-dealkylation sites (N-methyl/N-ethyl adjacent to an activating group) is 1. The number of hydrogen-bond donors (Lipinski definition) is 1. The summed E-state index contributed by atoms with van der Waals surface area (Å²) in [6.45, 7) is 7.28. The molecule has 0 spiro atoms. The number of para-hydroxylation sites is 1. The van der Waals surface area contributed by atoms with Crippen LogP contribution in [0.2, 0.25) is 0 Å². The van der Waals surface area contributed by atoms with E-state index in [0.717, 1.165) is 12.1 Å². The Balaban J connectivity index is 1.82. The smallest absolute Gasteiger partial charge is 0.256 e. The van der Waals surface area contributed by atoms with Crippen LogP contribution in [0.25, 0.3) is 11.0 Å². The molecule has 3 aromatic rings. The molecule has 0 aliphatic rings. The first-order valence-corrected chi connectivity index (χ1v) is 9.60. The lowest BCUT2D eigenvalue weighted by atomic mass is 10.1. The third kappa shape index (κ3) is 4.14. The van der Waals surface area contributed by atoms with Gasteiger partial charge in [0.15, 0.2) is 5.65 Å². The Hall–Kier alpha value is -3.36. The number of amides is 2. The first-order valence-electron chi connectivity index (χ1n) is 9.60. The number of carbonyl (C=O) groups excluding carboxylic acids is 2. The quantitative estimate of drug-likeness (QED) is 0.666. The third-order valence-corrected chi connectivity index (χ3v) is 4.71. The lowest BCUT2D eigenvalue weighted by molar-refractivity contribution is -0.116. The highest BCUT2D eigenvalue weighted by atomic mass is 19.1. The Bertz CT molecular complexity index is 1090. The lowest BCUT2D eigenvalue weighted by Crippen LogP contribution is -2.38. The largest absolute Gasteiger partial charge is 0.330 e. The summed E-state index contributed by atoms with van der Waals surface area (Å²) in [6.07, 6.45) is 1.64.